The van der Waals surface area contributed by atoms with Crippen molar-refractivity contribution in [3.05, 3.63) is 63.1 Å². The zero-order chi connectivity index (χ0) is 33.8. The summed E-state index contributed by atoms with van der Waals surface area (Å²) in [7, 11) is 0. The summed E-state index contributed by atoms with van der Waals surface area (Å²) >= 11 is 11.2. The van der Waals surface area contributed by atoms with Crippen molar-refractivity contribution in [2.24, 2.45) is 5.41 Å². The van der Waals surface area contributed by atoms with E-state index in [-0.39, 0.29) is 22.5 Å². The van der Waals surface area contributed by atoms with Gasteiger partial charge in [-0.2, -0.15) is 0 Å². The molecule has 1 atom stereocenters. The summed E-state index contributed by atoms with van der Waals surface area (Å²) in [6, 6.07) is 7.86. The van der Waals surface area contributed by atoms with Crippen LogP contribution in [0.1, 0.15) is 57.6 Å². The van der Waals surface area contributed by atoms with Gasteiger partial charge in [0.25, 0.3) is 0 Å². The van der Waals surface area contributed by atoms with Crippen molar-refractivity contribution in [1.29, 1.82) is 0 Å². The Balaban J connectivity index is 0.000000315. The number of amides is 2. The SMILES string of the molecule is CC(C)(C)C.Cc1cc(F)c(Cl)cc1NC=O.Fc1c(Cl)cccc1[C@@H]1CCNC1.O=CNCCCN1CCN(CCO)CC1. The number of aliphatic hydroxyl groups is 1. The molecule has 2 aliphatic heterocycles. The van der Waals surface area contributed by atoms with Crippen LogP contribution in [0.25, 0.3) is 0 Å². The monoisotopic (exact) mass is 673 g/mol. The molecule has 4 N–H and O–H groups in total. The third kappa shape index (κ3) is 17.8. The van der Waals surface area contributed by atoms with E-state index in [0.717, 1.165) is 83.7 Å². The van der Waals surface area contributed by atoms with E-state index in [2.05, 4.69) is 53.4 Å². The third-order valence-corrected chi connectivity index (χ3v) is 7.30. The van der Waals surface area contributed by atoms with E-state index >= 15 is 0 Å². The summed E-state index contributed by atoms with van der Waals surface area (Å²) < 4.78 is 26.2. The predicted octanol–water partition coefficient (Wildman–Crippen LogP) is 5.70. The first-order valence-corrected chi connectivity index (χ1v) is 16.1. The number of nitrogens with one attached hydrogen (secondary N) is 3. The molecule has 0 radical (unpaired) electrons. The molecule has 2 aliphatic rings. The van der Waals surface area contributed by atoms with Crippen LogP contribution in [-0.2, 0) is 9.59 Å². The molecule has 0 saturated carbocycles. The fourth-order valence-electron chi connectivity index (χ4n) is 4.46. The largest absolute Gasteiger partial charge is 0.395 e. The van der Waals surface area contributed by atoms with Gasteiger partial charge in [0.05, 0.1) is 16.7 Å². The summed E-state index contributed by atoms with van der Waals surface area (Å²) in [4.78, 5) is 24.8. The number of carbonyl (C=O) groups excluding carboxylic acids is 2. The highest BCUT2D eigenvalue weighted by Gasteiger charge is 2.20. The number of carbonyl (C=O) groups is 2. The number of piperazine rings is 1. The lowest BCUT2D eigenvalue weighted by Gasteiger charge is -2.34. The van der Waals surface area contributed by atoms with Crippen LogP contribution in [0.2, 0.25) is 10.0 Å². The molecule has 0 spiro atoms. The van der Waals surface area contributed by atoms with Crippen LogP contribution in [0, 0.1) is 24.0 Å². The lowest BCUT2D eigenvalue weighted by molar-refractivity contribution is -0.109. The fraction of sp³-hybridized carbons (Fsp3) is 0.576. The second-order valence-electron chi connectivity index (χ2n) is 12.5. The number of halogens is 4. The normalized spacial score (nSPS) is 16.6. The van der Waals surface area contributed by atoms with Gasteiger partial charge in [-0.1, -0.05) is 63.0 Å². The topological polar surface area (TPSA) is 96.9 Å². The first-order chi connectivity index (χ1) is 21.3. The Hall–Kier alpha value is -2.34. The maximum atomic E-state index is 13.5. The Labute approximate surface area is 277 Å². The van der Waals surface area contributed by atoms with Gasteiger partial charge >= 0.3 is 0 Å². The minimum absolute atomic E-state index is 0.00458. The maximum Gasteiger partial charge on any atom is 0.211 e. The van der Waals surface area contributed by atoms with Crippen LogP contribution in [-0.4, -0.2) is 93.2 Å². The van der Waals surface area contributed by atoms with Gasteiger partial charge in [0.1, 0.15) is 11.6 Å². The van der Waals surface area contributed by atoms with Gasteiger partial charge in [0, 0.05) is 57.4 Å². The van der Waals surface area contributed by atoms with Gasteiger partial charge in [-0.3, -0.25) is 14.5 Å². The molecule has 2 aromatic rings. The quantitative estimate of drug-likeness (QED) is 0.191. The van der Waals surface area contributed by atoms with Gasteiger partial charge in [0.15, 0.2) is 0 Å². The molecular formula is C33H51Cl2F2N5O3. The Morgan fingerprint density at radius 2 is 1.62 bits per heavy atom. The number of aryl methyl sites for hydroxylation is 1. The van der Waals surface area contributed by atoms with Crippen molar-refractivity contribution >= 4 is 41.7 Å². The number of nitrogens with zero attached hydrogens (tertiary/aromatic N) is 2. The molecule has 0 unspecified atom stereocenters. The van der Waals surface area contributed by atoms with Crippen LogP contribution in [0.15, 0.2) is 30.3 Å². The van der Waals surface area contributed by atoms with Crippen LogP contribution >= 0.6 is 23.2 Å². The van der Waals surface area contributed by atoms with Crippen LogP contribution in [0.3, 0.4) is 0 Å². The molecule has 0 aliphatic carbocycles. The molecule has 2 fully saturated rings. The second-order valence-corrected chi connectivity index (χ2v) is 13.3. The van der Waals surface area contributed by atoms with E-state index in [9.17, 15) is 18.4 Å². The number of benzene rings is 2. The highest BCUT2D eigenvalue weighted by atomic mass is 35.5. The number of hydrogen-bond acceptors (Lipinski definition) is 6. The Kier molecular flexibility index (Phi) is 20.1. The summed E-state index contributed by atoms with van der Waals surface area (Å²) in [5.74, 6) is -0.442. The second kappa shape index (κ2) is 22.2. The van der Waals surface area contributed by atoms with E-state index in [1.165, 1.54) is 12.1 Å². The molecule has 254 valence electrons. The molecular weight excluding hydrogens is 623 g/mol. The Morgan fingerprint density at radius 3 is 2.16 bits per heavy atom. The fourth-order valence-corrected chi connectivity index (χ4v) is 4.81. The zero-order valence-corrected chi connectivity index (χ0v) is 28.8. The third-order valence-electron chi connectivity index (χ3n) is 6.72. The Morgan fingerprint density at radius 1 is 1.00 bits per heavy atom. The Bertz CT molecular complexity index is 1130. The van der Waals surface area contributed by atoms with Gasteiger partial charge < -0.3 is 26.0 Å². The minimum Gasteiger partial charge on any atom is -0.395 e. The number of anilines is 1. The molecule has 2 aromatic carbocycles. The first-order valence-electron chi connectivity index (χ1n) is 15.3. The van der Waals surface area contributed by atoms with Crippen molar-refractivity contribution in [2.45, 2.75) is 53.4 Å². The molecule has 2 saturated heterocycles. The lowest BCUT2D eigenvalue weighted by atomic mass is 9.98. The van der Waals surface area contributed by atoms with E-state index in [1.807, 2.05) is 6.07 Å². The molecule has 45 heavy (non-hydrogen) atoms. The van der Waals surface area contributed by atoms with Crippen LogP contribution in [0.5, 0.6) is 0 Å². The molecule has 4 rings (SSSR count). The van der Waals surface area contributed by atoms with Gasteiger partial charge in [-0.05, 0) is 67.6 Å². The highest BCUT2D eigenvalue weighted by Crippen LogP contribution is 2.28. The number of β-amino-alcohol motifs (C(OH)–C–C–N with tert-alkyl or cyclic N) is 1. The summed E-state index contributed by atoms with van der Waals surface area (Å²) in [6.07, 6.45) is 3.28. The summed E-state index contributed by atoms with van der Waals surface area (Å²) in [5, 5.41) is 17.3. The molecule has 0 bridgehead atoms. The average Bonchev–Trinajstić information content (AvgIpc) is 3.52. The van der Waals surface area contributed by atoms with Gasteiger partial charge in [-0.25, -0.2) is 8.78 Å². The maximum absolute atomic E-state index is 13.5. The van der Waals surface area contributed by atoms with Crippen molar-refractivity contribution in [3.8, 4) is 0 Å². The van der Waals surface area contributed by atoms with Crippen molar-refractivity contribution < 1.29 is 23.5 Å². The van der Waals surface area contributed by atoms with Crippen molar-refractivity contribution in [3.63, 3.8) is 0 Å². The number of rotatable bonds is 10. The van der Waals surface area contributed by atoms with Gasteiger partial charge in [-0.15, -0.1) is 0 Å². The van der Waals surface area contributed by atoms with E-state index in [0.29, 0.717) is 29.0 Å². The summed E-state index contributed by atoms with van der Waals surface area (Å²) in [5.41, 5.74) is 2.41. The number of aliphatic hydroxyl groups excluding tert-OH is 1. The van der Waals surface area contributed by atoms with Crippen LogP contribution < -0.4 is 16.0 Å². The average molecular weight is 675 g/mol. The predicted molar refractivity (Wildman–Crippen MR) is 181 cm³/mol. The summed E-state index contributed by atoms with van der Waals surface area (Å²) in [6.45, 7) is 19.3. The molecule has 8 nitrogen and oxygen atoms in total. The molecule has 0 aromatic heterocycles. The van der Waals surface area contributed by atoms with Crippen LogP contribution in [0.4, 0.5) is 14.5 Å². The molecule has 2 amide bonds. The zero-order valence-electron chi connectivity index (χ0n) is 27.3. The van der Waals surface area contributed by atoms with E-state index in [4.69, 9.17) is 28.3 Å². The van der Waals surface area contributed by atoms with Crippen molar-refractivity contribution in [1.82, 2.24) is 20.4 Å². The minimum atomic E-state index is -0.481. The lowest BCUT2D eigenvalue weighted by Crippen LogP contribution is -2.47. The first kappa shape index (κ1) is 40.7. The molecule has 2 heterocycles. The van der Waals surface area contributed by atoms with E-state index in [1.54, 1.807) is 19.1 Å². The number of hydrogen-bond donors (Lipinski definition) is 4. The smallest absolute Gasteiger partial charge is 0.211 e. The standard InChI is InChI=1S/C10H11ClFN.C10H21N3O2.C8H7ClFNO.C5H12/c11-9-3-1-2-8(10(9)12)7-4-5-13-6-7;14-9-8-13-6-4-12(5-7-13)3-1-2-11-10-15;1-5-2-7(10)6(9)3-8(5)11-4-12;1-5(2,3)4/h1-3,7,13H,4-6H2;10,14H,1-9H2,(H,11,15);2-4H,1H3,(H,11,12);1-4H3/t7-;;;/m1.../s1. The van der Waals surface area contributed by atoms with Crippen molar-refractivity contribution in [2.75, 3.05) is 70.8 Å². The molecule has 12 heteroatoms. The van der Waals surface area contributed by atoms with Gasteiger partial charge in [0.2, 0.25) is 12.8 Å². The highest BCUT2D eigenvalue weighted by molar-refractivity contribution is 6.31. The van der Waals surface area contributed by atoms with E-state index < -0.39 is 5.82 Å².